The molecule has 76 valence electrons. The normalized spacial score (nSPS) is 15.2. The molecule has 1 heterocycles. The van der Waals surface area contributed by atoms with Crippen LogP contribution in [0.4, 0.5) is 0 Å². The highest BCUT2D eigenvalue weighted by atomic mass is 16.5. The number of fused-ring (bicyclic) bond motifs is 1. The van der Waals surface area contributed by atoms with Crippen molar-refractivity contribution < 1.29 is 4.74 Å². The molecule has 0 spiro atoms. The number of hydrogen-bond acceptors (Lipinski definition) is 2. The average Bonchev–Trinajstić information content (AvgIpc) is 2.26. The molecule has 0 saturated carbocycles. The Morgan fingerprint density at radius 3 is 3.14 bits per heavy atom. The highest BCUT2D eigenvalue weighted by Crippen LogP contribution is 2.16. The number of nitrogens with one attached hydrogen (secondary N) is 1. The van der Waals surface area contributed by atoms with E-state index in [0.29, 0.717) is 0 Å². The number of rotatable bonds is 3. The lowest BCUT2D eigenvalue weighted by Crippen LogP contribution is -2.23. The number of benzene rings is 1. The van der Waals surface area contributed by atoms with Crippen LogP contribution in [-0.4, -0.2) is 13.2 Å². The second kappa shape index (κ2) is 4.58. The predicted molar refractivity (Wildman–Crippen MR) is 57.2 cm³/mol. The summed E-state index contributed by atoms with van der Waals surface area (Å²) in [5.41, 5.74) is 4.21. The minimum Gasteiger partial charge on any atom is -0.377 e. The Morgan fingerprint density at radius 1 is 1.36 bits per heavy atom. The molecule has 0 saturated heterocycles. The molecule has 0 radical (unpaired) electrons. The minimum atomic E-state index is 0.740. The van der Waals surface area contributed by atoms with Crippen LogP contribution in [0.3, 0.4) is 0 Å². The maximum absolute atomic E-state index is 5.39. The number of hydrogen-bond donors (Lipinski definition) is 1. The first-order chi connectivity index (χ1) is 6.90. The molecule has 1 N–H and O–H groups in total. The summed E-state index contributed by atoms with van der Waals surface area (Å²) < 4.78 is 5.39. The highest BCUT2D eigenvalue weighted by Gasteiger charge is 2.08. The summed E-state index contributed by atoms with van der Waals surface area (Å²) >= 11 is 0. The van der Waals surface area contributed by atoms with Gasteiger partial charge in [-0.1, -0.05) is 18.2 Å². The fourth-order valence-electron chi connectivity index (χ4n) is 1.84. The smallest absolute Gasteiger partial charge is 0.0716 e. The van der Waals surface area contributed by atoms with Gasteiger partial charge in [0, 0.05) is 13.2 Å². The highest BCUT2D eigenvalue weighted by molar-refractivity contribution is 5.33. The summed E-state index contributed by atoms with van der Waals surface area (Å²) in [6.07, 6.45) is 1.16. The second-order valence-corrected chi connectivity index (χ2v) is 3.67. The van der Waals surface area contributed by atoms with Crippen molar-refractivity contribution in [2.24, 2.45) is 0 Å². The van der Waals surface area contributed by atoms with E-state index in [1.54, 1.807) is 0 Å². The quantitative estimate of drug-likeness (QED) is 0.787. The molecule has 0 aliphatic carbocycles. The Hall–Kier alpha value is -0.860. The zero-order valence-corrected chi connectivity index (χ0v) is 8.68. The molecule has 0 fully saturated rings. The second-order valence-electron chi connectivity index (χ2n) is 3.67. The molecule has 2 heteroatoms. The molecule has 0 atom stereocenters. The third-order valence-corrected chi connectivity index (χ3v) is 2.63. The van der Waals surface area contributed by atoms with Gasteiger partial charge in [0.05, 0.1) is 6.61 Å². The molecule has 0 bridgehead atoms. The van der Waals surface area contributed by atoms with Gasteiger partial charge in [0.15, 0.2) is 0 Å². The Bertz CT molecular complexity index is 309. The summed E-state index contributed by atoms with van der Waals surface area (Å²) in [4.78, 5) is 0. The van der Waals surface area contributed by atoms with E-state index >= 15 is 0 Å². The van der Waals surface area contributed by atoms with Gasteiger partial charge in [-0.25, -0.2) is 0 Å². The van der Waals surface area contributed by atoms with Crippen molar-refractivity contribution in [3.63, 3.8) is 0 Å². The van der Waals surface area contributed by atoms with Crippen molar-refractivity contribution in [2.45, 2.75) is 26.5 Å². The zero-order valence-electron chi connectivity index (χ0n) is 8.68. The SMILES string of the molecule is CCOCc1ccc2c(c1)CNCC2. The standard InChI is InChI=1S/C12H17NO/c1-2-14-9-10-3-4-11-5-6-13-8-12(11)7-10/h3-4,7,13H,2,5-6,8-9H2,1H3. The van der Waals surface area contributed by atoms with Gasteiger partial charge in [-0.3, -0.25) is 0 Å². The summed E-state index contributed by atoms with van der Waals surface area (Å²) in [6.45, 7) is 5.67. The van der Waals surface area contributed by atoms with Crippen molar-refractivity contribution in [1.82, 2.24) is 5.32 Å². The molecule has 0 aromatic heterocycles. The molecule has 2 rings (SSSR count). The van der Waals surface area contributed by atoms with Crippen LogP contribution in [0.1, 0.15) is 23.6 Å². The van der Waals surface area contributed by atoms with Crippen LogP contribution in [0.2, 0.25) is 0 Å². The predicted octanol–water partition coefficient (Wildman–Crippen LogP) is 1.87. The molecule has 1 aromatic carbocycles. The van der Waals surface area contributed by atoms with Crippen LogP contribution in [-0.2, 0) is 24.3 Å². The van der Waals surface area contributed by atoms with Crippen molar-refractivity contribution in [3.8, 4) is 0 Å². The lowest BCUT2D eigenvalue weighted by Gasteiger charge is -2.17. The maximum Gasteiger partial charge on any atom is 0.0716 e. The molecule has 1 aliphatic rings. The van der Waals surface area contributed by atoms with E-state index in [1.165, 1.54) is 16.7 Å². The summed E-state index contributed by atoms with van der Waals surface area (Å²) in [5.74, 6) is 0. The van der Waals surface area contributed by atoms with E-state index in [2.05, 4.69) is 23.5 Å². The molecule has 14 heavy (non-hydrogen) atoms. The van der Waals surface area contributed by atoms with Gasteiger partial charge in [0.25, 0.3) is 0 Å². The Morgan fingerprint density at radius 2 is 2.29 bits per heavy atom. The van der Waals surface area contributed by atoms with Crippen LogP contribution < -0.4 is 5.32 Å². The summed E-state index contributed by atoms with van der Waals surface area (Å²) in [6, 6.07) is 6.68. The lowest BCUT2D eigenvalue weighted by molar-refractivity contribution is 0.134. The van der Waals surface area contributed by atoms with E-state index in [0.717, 1.165) is 32.7 Å². The van der Waals surface area contributed by atoms with Crippen LogP contribution in [0.25, 0.3) is 0 Å². The Balaban J connectivity index is 2.12. The van der Waals surface area contributed by atoms with Gasteiger partial charge in [-0.15, -0.1) is 0 Å². The van der Waals surface area contributed by atoms with Gasteiger partial charge in [-0.05, 0) is 36.6 Å². The molecule has 1 aromatic rings. The molecule has 1 aliphatic heterocycles. The lowest BCUT2D eigenvalue weighted by atomic mass is 9.99. The fourth-order valence-corrected chi connectivity index (χ4v) is 1.84. The maximum atomic E-state index is 5.39. The first kappa shape index (κ1) is 9.69. The average molecular weight is 191 g/mol. The minimum absolute atomic E-state index is 0.740. The van der Waals surface area contributed by atoms with E-state index in [9.17, 15) is 0 Å². The van der Waals surface area contributed by atoms with Gasteiger partial charge < -0.3 is 10.1 Å². The third kappa shape index (κ3) is 2.14. The topological polar surface area (TPSA) is 21.3 Å². The third-order valence-electron chi connectivity index (χ3n) is 2.63. The molecular weight excluding hydrogens is 174 g/mol. The van der Waals surface area contributed by atoms with E-state index in [-0.39, 0.29) is 0 Å². The summed E-state index contributed by atoms with van der Waals surface area (Å²) in [7, 11) is 0. The Labute approximate surface area is 85.3 Å². The summed E-state index contributed by atoms with van der Waals surface area (Å²) in [5, 5.41) is 3.38. The van der Waals surface area contributed by atoms with Gasteiger partial charge in [-0.2, -0.15) is 0 Å². The van der Waals surface area contributed by atoms with E-state index < -0.39 is 0 Å². The zero-order chi connectivity index (χ0) is 9.80. The van der Waals surface area contributed by atoms with Crippen molar-refractivity contribution >= 4 is 0 Å². The first-order valence-corrected chi connectivity index (χ1v) is 5.29. The largest absolute Gasteiger partial charge is 0.377 e. The molecular formula is C12H17NO. The fraction of sp³-hybridized carbons (Fsp3) is 0.500. The number of ether oxygens (including phenoxy) is 1. The van der Waals surface area contributed by atoms with Crippen LogP contribution in [0, 0.1) is 0 Å². The van der Waals surface area contributed by atoms with Crippen LogP contribution >= 0.6 is 0 Å². The van der Waals surface area contributed by atoms with Crippen LogP contribution in [0.5, 0.6) is 0 Å². The van der Waals surface area contributed by atoms with E-state index in [1.807, 2.05) is 6.92 Å². The molecule has 0 unspecified atom stereocenters. The van der Waals surface area contributed by atoms with E-state index in [4.69, 9.17) is 4.74 Å². The first-order valence-electron chi connectivity index (χ1n) is 5.29. The van der Waals surface area contributed by atoms with Crippen LogP contribution in [0.15, 0.2) is 18.2 Å². The van der Waals surface area contributed by atoms with Crippen molar-refractivity contribution in [2.75, 3.05) is 13.2 Å². The van der Waals surface area contributed by atoms with Crippen molar-refractivity contribution in [1.29, 1.82) is 0 Å². The van der Waals surface area contributed by atoms with Gasteiger partial charge >= 0.3 is 0 Å². The molecule has 0 amide bonds. The van der Waals surface area contributed by atoms with Gasteiger partial charge in [0.2, 0.25) is 0 Å². The van der Waals surface area contributed by atoms with Gasteiger partial charge in [0.1, 0.15) is 0 Å². The molecule has 2 nitrogen and oxygen atoms in total. The Kier molecular flexibility index (Phi) is 3.17. The monoisotopic (exact) mass is 191 g/mol. The van der Waals surface area contributed by atoms with Crippen molar-refractivity contribution in [3.05, 3.63) is 34.9 Å².